The fourth-order valence-corrected chi connectivity index (χ4v) is 1.93. The number of aryl methyl sites for hydroxylation is 2. The van der Waals surface area contributed by atoms with Crippen molar-refractivity contribution in [1.29, 1.82) is 0 Å². The molecule has 0 aromatic carbocycles. The van der Waals surface area contributed by atoms with Crippen LogP contribution in [0.5, 0.6) is 0 Å². The summed E-state index contributed by atoms with van der Waals surface area (Å²) in [7, 11) is 0. The van der Waals surface area contributed by atoms with Crippen LogP contribution >= 0.6 is 0 Å². The van der Waals surface area contributed by atoms with Crippen molar-refractivity contribution in [2.75, 3.05) is 0 Å². The number of fused-ring (bicyclic) bond motifs is 1. The van der Waals surface area contributed by atoms with Gasteiger partial charge >= 0.3 is 0 Å². The lowest BCUT2D eigenvalue weighted by atomic mass is 9.95. The number of hydrogen-bond donors (Lipinski definition) is 2. The van der Waals surface area contributed by atoms with E-state index in [2.05, 4.69) is 22.5 Å². The van der Waals surface area contributed by atoms with Gasteiger partial charge in [-0.25, -0.2) is 0 Å². The summed E-state index contributed by atoms with van der Waals surface area (Å²) in [5, 5.41) is 0. The van der Waals surface area contributed by atoms with Gasteiger partial charge in [-0.15, -0.1) is 0 Å². The number of aromatic nitrogens is 1. The van der Waals surface area contributed by atoms with Gasteiger partial charge in [-0.05, 0) is 44.2 Å². The molecule has 0 amide bonds. The van der Waals surface area contributed by atoms with Gasteiger partial charge in [0.25, 0.3) is 0 Å². The van der Waals surface area contributed by atoms with Crippen LogP contribution in [-0.4, -0.2) is 4.98 Å². The molecule has 0 aliphatic heterocycles. The summed E-state index contributed by atoms with van der Waals surface area (Å²) >= 11 is 0. The van der Waals surface area contributed by atoms with Crippen LogP contribution in [0.15, 0.2) is 12.1 Å². The van der Waals surface area contributed by atoms with E-state index in [9.17, 15) is 0 Å². The van der Waals surface area contributed by atoms with Gasteiger partial charge in [-0.2, -0.15) is 0 Å². The maximum atomic E-state index is 5.39. The average Bonchev–Trinajstić information content (AvgIpc) is 2.27. The van der Waals surface area contributed by atoms with Crippen LogP contribution in [0.25, 0.3) is 0 Å². The molecule has 1 aliphatic rings. The van der Waals surface area contributed by atoms with Crippen LogP contribution in [0.1, 0.15) is 42.8 Å². The Balaban J connectivity index is 2.29. The van der Waals surface area contributed by atoms with E-state index in [1.165, 1.54) is 30.5 Å². The molecule has 0 fully saturated rings. The van der Waals surface area contributed by atoms with Crippen molar-refractivity contribution in [2.24, 2.45) is 5.84 Å². The topological polar surface area (TPSA) is 50.9 Å². The minimum absolute atomic E-state index is 0.141. The zero-order valence-corrected chi connectivity index (χ0v) is 8.59. The number of nitrogens with one attached hydrogen (secondary N) is 1. The standard InChI is InChI=1S/C11H17N3/c1-8(14-12)10-7-6-9-4-2-3-5-11(9)13-10/h6-8,14H,2-5,12H2,1H3. The summed E-state index contributed by atoms with van der Waals surface area (Å²) in [6.45, 7) is 2.03. The van der Waals surface area contributed by atoms with Crippen LogP contribution in [-0.2, 0) is 12.8 Å². The number of hydrogen-bond acceptors (Lipinski definition) is 3. The second-order valence-electron chi connectivity index (χ2n) is 3.94. The van der Waals surface area contributed by atoms with Gasteiger partial charge in [0.15, 0.2) is 0 Å². The highest BCUT2D eigenvalue weighted by molar-refractivity contribution is 5.26. The highest BCUT2D eigenvalue weighted by Crippen LogP contribution is 2.21. The summed E-state index contributed by atoms with van der Waals surface area (Å²) in [4.78, 5) is 4.64. The minimum atomic E-state index is 0.141. The maximum Gasteiger partial charge on any atom is 0.0604 e. The molecule has 1 atom stereocenters. The molecule has 1 unspecified atom stereocenters. The summed E-state index contributed by atoms with van der Waals surface area (Å²) in [5.41, 5.74) is 6.47. The fraction of sp³-hybridized carbons (Fsp3) is 0.545. The van der Waals surface area contributed by atoms with Crippen molar-refractivity contribution in [1.82, 2.24) is 10.4 Å². The van der Waals surface area contributed by atoms with Gasteiger partial charge in [0, 0.05) is 5.69 Å². The van der Waals surface area contributed by atoms with E-state index >= 15 is 0 Å². The average molecular weight is 191 g/mol. The molecular weight excluding hydrogens is 174 g/mol. The van der Waals surface area contributed by atoms with Crippen molar-refractivity contribution >= 4 is 0 Å². The Labute approximate surface area is 84.7 Å². The van der Waals surface area contributed by atoms with E-state index in [0.717, 1.165) is 12.1 Å². The quantitative estimate of drug-likeness (QED) is 0.550. The summed E-state index contributed by atoms with van der Waals surface area (Å²) in [5.74, 6) is 5.39. The molecule has 1 aliphatic carbocycles. The Morgan fingerprint density at radius 2 is 2.14 bits per heavy atom. The first-order valence-electron chi connectivity index (χ1n) is 5.26. The van der Waals surface area contributed by atoms with E-state index in [-0.39, 0.29) is 6.04 Å². The molecule has 0 bridgehead atoms. The molecule has 3 N–H and O–H groups in total. The van der Waals surface area contributed by atoms with Crippen LogP contribution in [0.4, 0.5) is 0 Å². The minimum Gasteiger partial charge on any atom is -0.271 e. The van der Waals surface area contributed by atoms with Crippen LogP contribution in [0, 0.1) is 0 Å². The molecular formula is C11H17N3. The normalized spacial score (nSPS) is 17.6. The molecule has 76 valence electrons. The predicted molar refractivity (Wildman–Crippen MR) is 56.6 cm³/mol. The highest BCUT2D eigenvalue weighted by atomic mass is 15.2. The fourth-order valence-electron chi connectivity index (χ4n) is 1.93. The van der Waals surface area contributed by atoms with Crippen LogP contribution in [0.3, 0.4) is 0 Å². The van der Waals surface area contributed by atoms with Crippen molar-refractivity contribution in [3.05, 3.63) is 29.1 Å². The first-order chi connectivity index (χ1) is 6.81. The largest absolute Gasteiger partial charge is 0.271 e. The number of hydrazine groups is 1. The second-order valence-corrected chi connectivity index (χ2v) is 3.94. The first kappa shape index (κ1) is 9.62. The maximum absolute atomic E-state index is 5.39. The molecule has 0 radical (unpaired) electrons. The molecule has 2 rings (SSSR count). The Hall–Kier alpha value is -0.930. The van der Waals surface area contributed by atoms with Crippen molar-refractivity contribution in [3.8, 4) is 0 Å². The number of rotatable bonds is 2. The summed E-state index contributed by atoms with van der Waals surface area (Å²) in [6.07, 6.45) is 4.89. The lowest BCUT2D eigenvalue weighted by Crippen LogP contribution is -2.26. The number of pyridine rings is 1. The molecule has 0 spiro atoms. The van der Waals surface area contributed by atoms with Gasteiger partial charge in [0.1, 0.15) is 0 Å². The third-order valence-electron chi connectivity index (χ3n) is 2.89. The first-order valence-corrected chi connectivity index (χ1v) is 5.26. The van der Waals surface area contributed by atoms with Crippen molar-refractivity contribution < 1.29 is 0 Å². The lowest BCUT2D eigenvalue weighted by molar-refractivity contribution is 0.576. The lowest BCUT2D eigenvalue weighted by Gasteiger charge is -2.17. The zero-order valence-electron chi connectivity index (χ0n) is 8.59. The third-order valence-corrected chi connectivity index (χ3v) is 2.89. The van der Waals surface area contributed by atoms with Gasteiger partial charge in [-0.1, -0.05) is 6.07 Å². The Bertz CT molecular complexity index is 322. The molecule has 0 saturated heterocycles. The van der Waals surface area contributed by atoms with Gasteiger partial charge in [0.2, 0.25) is 0 Å². The van der Waals surface area contributed by atoms with Gasteiger partial charge in [-0.3, -0.25) is 16.3 Å². The Morgan fingerprint density at radius 1 is 1.36 bits per heavy atom. The van der Waals surface area contributed by atoms with E-state index in [0.29, 0.717) is 0 Å². The highest BCUT2D eigenvalue weighted by Gasteiger charge is 2.12. The molecule has 1 aromatic heterocycles. The summed E-state index contributed by atoms with van der Waals surface area (Å²) in [6, 6.07) is 4.42. The number of nitrogens with two attached hydrogens (primary N) is 1. The number of nitrogens with zero attached hydrogens (tertiary/aromatic N) is 1. The SMILES string of the molecule is CC(NN)c1ccc2c(n1)CCCC2. The third kappa shape index (κ3) is 1.79. The predicted octanol–water partition coefficient (Wildman–Crippen LogP) is 1.48. The van der Waals surface area contributed by atoms with Crippen molar-refractivity contribution in [2.45, 2.75) is 38.6 Å². The molecule has 1 aromatic rings. The zero-order chi connectivity index (χ0) is 9.97. The van der Waals surface area contributed by atoms with Crippen LogP contribution in [0.2, 0.25) is 0 Å². The molecule has 3 nitrogen and oxygen atoms in total. The van der Waals surface area contributed by atoms with Crippen molar-refractivity contribution in [3.63, 3.8) is 0 Å². The molecule has 14 heavy (non-hydrogen) atoms. The smallest absolute Gasteiger partial charge is 0.0604 e. The molecule has 0 saturated carbocycles. The monoisotopic (exact) mass is 191 g/mol. The van der Waals surface area contributed by atoms with Gasteiger partial charge < -0.3 is 0 Å². The molecule has 3 heteroatoms. The second kappa shape index (κ2) is 4.07. The van der Waals surface area contributed by atoms with Crippen LogP contribution < -0.4 is 11.3 Å². The van der Waals surface area contributed by atoms with E-state index in [1.807, 2.05) is 6.92 Å². The Morgan fingerprint density at radius 3 is 2.93 bits per heavy atom. The van der Waals surface area contributed by atoms with Gasteiger partial charge in [0.05, 0.1) is 11.7 Å². The Kier molecular flexibility index (Phi) is 2.79. The van der Waals surface area contributed by atoms with E-state index < -0.39 is 0 Å². The van der Waals surface area contributed by atoms with E-state index in [4.69, 9.17) is 5.84 Å². The summed E-state index contributed by atoms with van der Waals surface area (Å²) < 4.78 is 0. The van der Waals surface area contributed by atoms with E-state index in [1.54, 1.807) is 0 Å². The molecule has 1 heterocycles.